The molecule has 2 aromatic heterocycles. The molecular formula is C14H17N3O. The van der Waals surface area contributed by atoms with Gasteiger partial charge in [0.05, 0.1) is 17.6 Å². The molecule has 2 aromatic rings. The lowest BCUT2D eigenvalue weighted by Gasteiger charge is -2.11. The summed E-state index contributed by atoms with van der Waals surface area (Å²) < 4.78 is 0. The number of rotatable bonds is 4. The molecule has 18 heavy (non-hydrogen) atoms. The zero-order valence-electron chi connectivity index (χ0n) is 10.7. The van der Waals surface area contributed by atoms with E-state index in [1.54, 1.807) is 12.3 Å². The summed E-state index contributed by atoms with van der Waals surface area (Å²) >= 11 is 0. The third kappa shape index (κ3) is 3.03. The molecule has 94 valence electrons. The first-order valence-electron chi connectivity index (χ1n) is 6.12. The Morgan fingerprint density at radius 2 is 1.83 bits per heavy atom. The molecule has 0 radical (unpaired) electrons. The number of nitrogens with zero attached hydrogens (tertiary/aromatic N) is 3. The molecule has 4 heteroatoms. The standard InChI is InChI=1S/C14H17N3O/c1-3-12-7-17-13(8-16-12)4-10(2)11-5-14(18)9-15-6-11/h5-10,18H,3-4H2,1-2H3. The highest BCUT2D eigenvalue weighted by molar-refractivity contribution is 5.25. The van der Waals surface area contributed by atoms with Crippen LogP contribution in [0.3, 0.4) is 0 Å². The number of hydrogen-bond donors (Lipinski definition) is 1. The van der Waals surface area contributed by atoms with Gasteiger partial charge in [0.25, 0.3) is 0 Å². The fraction of sp³-hybridized carbons (Fsp3) is 0.357. The van der Waals surface area contributed by atoms with Gasteiger partial charge in [-0.3, -0.25) is 15.0 Å². The summed E-state index contributed by atoms with van der Waals surface area (Å²) in [5.74, 6) is 0.457. The van der Waals surface area contributed by atoms with Gasteiger partial charge in [-0.25, -0.2) is 0 Å². The van der Waals surface area contributed by atoms with Crippen molar-refractivity contribution in [3.8, 4) is 5.75 Å². The molecule has 0 saturated heterocycles. The second-order valence-corrected chi connectivity index (χ2v) is 4.43. The average Bonchev–Trinajstić information content (AvgIpc) is 2.39. The van der Waals surface area contributed by atoms with E-state index < -0.39 is 0 Å². The topological polar surface area (TPSA) is 58.9 Å². The molecule has 0 bridgehead atoms. The summed E-state index contributed by atoms with van der Waals surface area (Å²) in [5.41, 5.74) is 2.98. The van der Waals surface area contributed by atoms with Crippen molar-refractivity contribution in [3.05, 3.63) is 47.8 Å². The van der Waals surface area contributed by atoms with E-state index >= 15 is 0 Å². The van der Waals surface area contributed by atoms with Gasteiger partial charge in [-0.2, -0.15) is 0 Å². The normalized spacial score (nSPS) is 12.3. The van der Waals surface area contributed by atoms with E-state index in [0.29, 0.717) is 0 Å². The predicted molar refractivity (Wildman–Crippen MR) is 69.4 cm³/mol. The second kappa shape index (κ2) is 5.58. The molecule has 0 aromatic carbocycles. The van der Waals surface area contributed by atoms with Crippen LogP contribution < -0.4 is 0 Å². The Bertz CT molecular complexity index is 511. The van der Waals surface area contributed by atoms with Crippen LogP contribution in [0.2, 0.25) is 0 Å². The lowest BCUT2D eigenvalue weighted by molar-refractivity contribution is 0.471. The van der Waals surface area contributed by atoms with Crippen molar-refractivity contribution in [1.82, 2.24) is 15.0 Å². The molecule has 0 amide bonds. The van der Waals surface area contributed by atoms with Gasteiger partial charge in [-0.05, 0) is 30.4 Å². The predicted octanol–water partition coefficient (Wildman–Crippen LogP) is 2.49. The van der Waals surface area contributed by atoms with Crippen LogP contribution in [0, 0.1) is 0 Å². The van der Waals surface area contributed by atoms with Crippen molar-refractivity contribution in [1.29, 1.82) is 0 Å². The van der Waals surface area contributed by atoms with E-state index in [-0.39, 0.29) is 11.7 Å². The quantitative estimate of drug-likeness (QED) is 0.896. The largest absolute Gasteiger partial charge is 0.506 e. The maximum absolute atomic E-state index is 9.41. The van der Waals surface area contributed by atoms with Crippen LogP contribution >= 0.6 is 0 Å². The van der Waals surface area contributed by atoms with Gasteiger partial charge in [0, 0.05) is 18.6 Å². The summed E-state index contributed by atoms with van der Waals surface area (Å²) in [4.78, 5) is 12.7. The molecule has 0 aliphatic heterocycles. The van der Waals surface area contributed by atoms with Crippen molar-refractivity contribution < 1.29 is 5.11 Å². The molecule has 0 spiro atoms. The van der Waals surface area contributed by atoms with E-state index in [9.17, 15) is 5.11 Å². The van der Waals surface area contributed by atoms with Crippen molar-refractivity contribution in [2.24, 2.45) is 0 Å². The minimum absolute atomic E-state index is 0.201. The molecule has 1 unspecified atom stereocenters. The fourth-order valence-corrected chi connectivity index (χ4v) is 1.82. The average molecular weight is 243 g/mol. The fourth-order valence-electron chi connectivity index (χ4n) is 1.82. The smallest absolute Gasteiger partial charge is 0.134 e. The van der Waals surface area contributed by atoms with Crippen LogP contribution in [0.5, 0.6) is 5.75 Å². The minimum Gasteiger partial charge on any atom is -0.506 e. The summed E-state index contributed by atoms with van der Waals surface area (Å²) in [6, 6.07) is 1.74. The van der Waals surface area contributed by atoms with Gasteiger partial charge in [-0.15, -0.1) is 0 Å². The Labute approximate surface area is 107 Å². The summed E-state index contributed by atoms with van der Waals surface area (Å²) in [6.45, 7) is 4.15. The van der Waals surface area contributed by atoms with Crippen LogP contribution in [-0.2, 0) is 12.8 Å². The molecule has 0 aliphatic rings. The van der Waals surface area contributed by atoms with Gasteiger partial charge in [0.15, 0.2) is 0 Å². The first kappa shape index (κ1) is 12.5. The number of aromatic nitrogens is 3. The summed E-state index contributed by atoms with van der Waals surface area (Å²) in [7, 11) is 0. The van der Waals surface area contributed by atoms with Crippen LogP contribution in [0.4, 0.5) is 0 Å². The Hall–Kier alpha value is -1.97. The molecule has 4 nitrogen and oxygen atoms in total. The highest BCUT2D eigenvalue weighted by Crippen LogP contribution is 2.21. The van der Waals surface area contributed by atoms with Crippen molar-refractivity contribution in [3.63, 3.8) is 0 Å². The lowest BCUT2D eigenvalue weighted by Crippen LogP contribution is -2.02. The van der Waals surface area contributed by atoms with Crippen molar-refractivity contribution in [2.75, 3.05) is 0 Å². The number of hydrogen-bond acceptors (Lipinski definition) is 4. The zero-order chi connectivity index (χ0) is 13.0. The van der Waals surface area contributed by atoms with Gasteiger partial charge in [0.2, 0.25) is 0 Å². The summed E-state index contributed by atoms with van der Waals surface area (Å²) in [6.07, 6.45) is 8.56. The van der Waals surface area contributed by atoms with Gasteiger partial charge >= 0.3 is 0 Å². The molecular weight excluding hydrogens is 226 g/mol. The molecule has 2 rings (SSSR count). The Morgan fingerprint density at radius 1 is 1.11 bits per heavy atom. The lowest BCUT2D eigenvalue weighted by atomic mass is 9.98. The minimum atomic E-state index is 0.201. The SMILES string of the molecule is CCc1cnc(CC(C)c2cncc(O)c2)cn1. The first-order valence-corrected chi connectivity index (χ1v) is 6.12. The van der Waals surface area contributed by atoms with E-state index in [4.69, 9.17) is 0 Å². The van der Waals surface area contributed by atoms with Crippen molar-refractivity contribution >= 4 is 0 Å². The number of aryl methyl sites for hydroxylation is 1. The Kier molecular flexibility index (Phi) is 3.87. The Balaban J connectivity index is 2.08. The van der Waals surface area contributed by atoms with E-state index in [1.807, 2.05) is 12.4 Å². The maximum atomic E-state index is 9.41. The van der Waals surface area contributed by atoms with E-state index in [2.05, 4.69) is 28.8 Å². The Morgan fingerprint density at radius 3 is 2.44 bits per heavy atom. The maximum Gasteiger partial charge on any atom is 0.134 e. The van der Waals surface area contributed by atoms with Gasteiger partial charge < -0.3 is 5.11 Å². The van der Waals surface area contributed by atoms with Gasteiger partial charge in [0.1, 0.15) is 5.75 Å². The van der Waals surface area contributed by atoms with E-state index in [0.717, 1.165) is 29.8 Å². The second-order valence-electron chi connectivity index (χ2n) is 4.43. The number of pyridine rings is 1. The monoisotopic (exact) mass is 243 g/mol. The number of aromatic hydroxyl groups is 1. The third-order valence-corrected chi connectivity index (χ3v) is 2.95. The molecule has 0 aliphatic carbocycles. The van der Waals surface area contributed by atoms with Crippen LogP contribution in [0.1, 0.15) is 36.7 Å². The molecule has 2 heterocycles. The molecule has 0 saturated carbocycles. The van der Waals surface area contributed by atoms with E-state index in [1.165, 1.54) is 6.20 Å². The van der Waals surface area contributed by atoms with Gasteiger partial charge in [-0.1, -0.05) is 13.8 Å². The highest BCUT2D eigenvalue weighted by Gasteiger charge is 2.09. The molecule has 1 N–H and O–H groups in total. The first-order chi connectivity index (χ1) is 8.69. The van der Waals surface area contributed by atoms with Crippen LogP contribution in [0.25, 0.3) is 0 Å². The highest BCUT2D eigenvalue weighted by atomic mass is 16.3. The van der Waals surface area contributed by atoms with Crippen LogP contribution in [0.15, 0.2) is 30.9 Å². The van der Waals surface area contributed by atoms with Crippen molar-refractivity contribution in [2.45, 2.75) is 32.6 Å². The summed E-state index contributed by atoms with van der Waals surface area (Å²) in [5, 5.41) is 9.41. The molecule has 0 fully saturated rings. The molecule has 1 atom stereocenters. The van der Waals surface area contributed by atoms with Crippen LogP contribution in [-0.4, -0.2) is 20.1 Å². The third-order valence-electron chi connectivity index (χ3n) is 2.95. The zero-order valence-corrected chi connectivity index (χ0v) is 10.7.